The van der Waals surface area contributed by atoms with Crippen LogP contribution in [0.2, 0.25) is 0 Å². The SMILES string of the molecule is N#Cc1ccc(-c2c[nH]c3ccc(-c4ccc(C(=O)N5CCOCC5)cc4)c[n+]23)cc1. The number of carbonyl (C=O) groups excluding carboxylic acids is 1. The molecule has 2 aromatic carbocycles. The van der Waals surface area contributed by atoms with Crippen molar-refractivity contribution in [1.82, 2.24) is 9.88 Å². The Morgan fingerprint density at radius 3 is 2.32 bits per heavy atom. The van der Waals surface area contributed by atoms with Gasteiger partial charge in [-0.25, -0.2) is 4.98 Å². The summed E-state index contributed by atoms with van der Waals surface area (Å²) in [4.78, 5) is 17.8. The highest BCUT2D eigenvalue weighted by Crippen LogP contribution is 2.22. The standard InChI is InChI=1S/C25H20N4O2/c26-15-18-1-3-20(4-2-18)23-16-27-24-10-9-22(17-29(23)24)19-5-7-21(8-6-19)25(30)28-11-13-31-14-12-28/h1-10,16-17H,11-14H2/p+1. The lowest BCUT2D eigenvalue weighted by Gasteiger charge is -2.26. The third kappa shape index (κ3) is 3.67. The summed E-state index contributed by atoms with van der Waals surface area (Å²) in [6.07, 6.45) is 4.04. The Kier molecular flexibility index (Phi) is 4.95. The number of imidazole rings is 1. The first-order valence-electron chi connectivity index (χ1n) is 10.2. The number of nitrogens with one attached hydrogen (secondary N) is 1. The van der Waals surface area contributed by atoms with Crippen molar-refractivity contribution in [2.45, 2.75) is 0 Å². The van der Waals surface area contributed by atoms with E-state index >= 15 is 0 Å². The molecule has 0 bridgehead atoms. The van der Waals surface area contributed by atoms with Crippen LogP contribution in [0.25, 0.3) is 28.0 Å². The zero-order valence-electron chi connectivity index (χ0n) is 16.9. The van der Waals surface area contributed by atoms with Crippen LogP contribution in [0.4, 0.5) is 0 Å². The van der Waals surface area contributed by atoms with Crippen molar-refractivity contribution in [3.05, 3.63) is 84.2 Å². The van der Waals surface area contributed by atoms with Crippen molar-refractivity contribution >= 4 is 11.6 Å². The second-order valence-corrected chi connectivity index (χ2v) is 7.52. The van der Waals surface area contributed by atoms with E-state index in [0.717, 1.165) is 28.0 Å². The molecule has 0 radical (unpaired) electrons. The molecule has 5 rings (SSSR count). The fraction of sp³-hybridized carbons (Fsp3) is 0.160. The highest BCUT2D eigenvalue weighted by atomic mass is 16.5. The number of ether oxygens (including phenoxy) is 1. The van der Waals surface area contributed by atoms with E-state index in [0.29, 0.717) is 37.4 Å². The molecule has 0 unspecified atom stereocenters. The minimum Gasteiger partial charge on any atom is -0.378 e. The predicted octanol–water partition coefficient (Wildman–Crippen LogP) is 3.43. The summed E-state index contributed by atoms with van der Waals surface area (Å²) in [5, 5.41) is 9.03. The van der Waals surface area contributed by atoms with E-state index in [9.17, 15) is 4.79 Å². The summed E-state index contributed by atoms with van der Waals surface area (Å²) in [6.45, 7) is 2.47. The van der Waals surface area contributed by atoms with Crippen LogP contribution in [-0.4, -0.2) is 42.1 Å². The molecule has 3 heterocycles. The van der Waals surface area contributed by atoms with Gasteiger partial charge in [0.2, 0.25) is 0 Å². The first-order chi connectivity index (χ1) is 15.2. The first-order valence-corrected chi connectivity index (χ1v) is 10.2. The minimum atomic E-state index is 0.0495. The molecule has 0 spiro atoms. The van der Waals surface area contributed by atoms with E-state index < -0.39 is 0 Å². The molecule has 152 valence electrons. The van der Waals surface area contributed by atoms with Gasteiger partial charge in [0.1, 0.15) is 12.4 Å². The number of carbonyl (C=O) groups is 1. The van der Waals surface area contributed by atoms with Crippen LogP contribution in [0.15, 0.2) is 73.1 Å². The molecular weight excluding hydrogens is 388 g/mol. The number of amides is 1. The minimum absolute atomic E-state index is 0.0495. The molecule has 1 N–H and O–H groups in total. The molecule has 6 nitrogen and oxygen atoms in total. The summed E-state index contributed by atoms with van der Waals surface area (Å²) in [5.74, 6) is 0.0495. The number of benzene rings is 2. The molecule has 1 fully saturated rings. The van der Waals surface area contributed by atoms with E-state index in [1.54, 1.807) is 0 Å². The lowest BCUT2D eigenvalue weighted by Crippen LogP contribution is -2.40. The van der Waals surface area contributed by atoms with Crippen LogP contribution < -0.4 is 4.40 Å². The Morgan fingerprint density at radius 1 is 0.935 bits per heavy atom. The second-order valence-electron chi connectivity index (χ2n) is 7.52. The molecule has 31 heavy (non-hydrogen) atoms. The van der Waals surface area contributed by atoms with Crippen molar-refractivity contribution in [3.8, 4) is 28.5 Å². The van der Waals surface area contributed by atoms with Crippen LogP contribution in [-0.2, 0) is 4.74 Å². The largest absolute Gasteiger partial charge is 0.378 e. The van der Waals surface area contributed by atoms with Crippen LogP contribution in [0.3, 0.4) is 0 Å². The van der Waals surface area contributed by atoms with Crippen LogP contribution in [0.5, 0.6) is 0 Å². The number of H-pyrrole nitrogens is 1. The molecule has 1 aliphatic heterocycles. The summed E-state index contributed by atoms with van der Waals surface area (Å²) in [7, 11) is 0. The molecule has 6 heteroatoms. The van der Waals surface area contributed by atoms with Crippen molar-refractivity contribution in [3.63, 3.8) is 0 Å². The van der Waals surface area contributed by atoms with Gasteiger partial charge in [-0.2, -0.15) is 9.66 Å². The summed E-state index contributed by atoms with van der Waals surface area (Å²) in [6, 6.07) is 21.6. The molecule has 2 aromatic heterocycles. The van der Waals surface area contributed by atoms with Gasteiger partial charge < -0.3 is 9.64 Å². The maximum Gasteiger partial charge on any atom is 0.284 e. The smallest absolute Gasteiger partial charge is 0.284 e. The Balaban J connectivity index is 1.45. The highest BCUT2D eigenvalue weighted by molar-refractivity contribution is 5.94. The van der Waals surface area contributed by atoms with Gasteiger partial charge in [0.15, 0.2) is 5.69 Å². The maximum atomic E-state index is 12.7. The molecule has 0 saturated carbocycles. The van der Waals surface area contributed by atoms with Crippen LogP contribution >= 0.6 is 0 Å². The summed E-state index contributed by atoms with van der Waals surface area (Å²) >= 11 is 0. The molecule has 4 aromatic rings. The number of hydrogen-bond acceptors (Lipinski definition) is 3. The van der Waals surface area contributed by atoms with E-state index in [2.05, 4.69) is 27.7 Å². The van der Waals surface area contributed by atoms with Gasteiger partial charge in [0.05, 0.1) is 24.8 Å². The average Bonchev–Trinajstić information content (AvgIpc) is 3.27. The van der Waals surface area contributed by atoms with Gasteiger partial charge >= 0.3 is 0 Å². The molecule has 1 aliphatic rings. The average molecular weight is 409 g/mol. The number of fused-ring (bicyclic) bond motifs is 1. The van der Waals surface area contributed by atoms with E-state index in [-0.39, 0.29) is 5.91 Å². The number of morpholine rings is 1. The number of nitrogens with zero attached hydrogens (tertiary/aromatic N) is 3. The van der Waals surface area contributed by atoms with Gasteiger partial charge in [-0.15, -0.1) is 0 Å². The van der Waals surface area contributed by atoms with Gasteiger partial charge in [-0.05, 0) is 48.0 Å². The number of aromatic amines is 1. The summed E-state index contributed by atoms with van der Waals surface area (Å²) < 4.78 is 7.43. The van der Waals surface area contributed by atoms with Gasteiger partial charge in [-0.3, -0.25) is 4.79 Å². The maximum absolute atomic E-state index is 12.7. The monoisotopic (exact) mass is 409 g/mol. The lowest BCUT2D eigenvalue weighted by atomic mass is 10.0. The predicted molar refractivity (Wildman–Crippen MR) is 116 cm³/mol. The topological polar surface area (TPSA) is 73.2 Å². The Bertz CT molecular complexity index is 1280. The molecular formula is C25H21N4O2+. The number of pyridine rings is 1. The van der Waals surface area contributed by atoms with E-state index in [1.165, 1.54) is 0 Å². The third-order valence-electron chi connectivity index (χ3n) is 5.64. The first kappa shape index (κ1) is 19.0. The third-order valence-corrected chi connectivity index (χ3v) is 5.64. The Hall–Kier alpha value is -3.95. The van der Waals surface area contributed by atoms with Crippen molar-refractivity contribution in [2.24, 2.45) is 0 Å². The molecule has 1 amide bonds. The fourth-order valence-corrected chi connectivity index (χ4v) is 3.89. The lowest BCUT2D eigenvalue weighted by molar-refractivity contribution is -0.497. The summed E-state index contributed by atoms with van der Waals surface area (Å²) in [5.41, 5.74) is 6.44. The number of rotatable bonds is 3. The van der Waals surface area contributed by atoms with Gasteiger partial charge in [0, 0.05) is 35.8 Å². The Morgan fingerprint density at radius 2 is 1.61 bits per heavy atom. The zero-order valence-corrected chi connectivity index (χ0v) is 16.9. The number of nitriles is 1. The van der Waals surface area contributed by atoms with E-state index in [1.807, 2.05) is 65.7 Å². The molecule has 0 atom stereocenters. The highest BCUT2D eigenvalue weighted by Gasteiger charge is 2.19. The Labute approximate surface area is 179 Å². The van der Waals surface area contributed by atoms with Gasteiger partial charge in [0.25, 0.3) is 11.6 Å². The van der Waals surface area contributed by atoms with E-state index in [4.69, 9.17) is 10.00 Å². The zero-order chi connectivity index (χ0) is 21.2. The fourth-order valence-electron chi connectivity index (χ4n) is 3.89. The van der Waals surface area contributed by atoms with Crippen LogP contribution in [0.1, 0.15) is 15.9 Å². The quantitative estimate of drug-likeness (QED) is 0.527. The second kappa shape index (κ2) is 8.05. The van der Waals surface area contributed by atoms with Crippen molar-refractivity contribution in [1.29, 1.82) is 5.26 Å². The van der Waals surface area contributed by atoms with Gasteiger partial charge in [-0.1, -0.05) is 12.1 Å². The number of aromatic nitrogens is 2. The van der Waals surface area contributed by atoms with Crippen molar-refractivity contribution < 1.29 is 13.9 Å². The molecule has 0 aliphatic carbocycles. The molecule has 1 saturated heterocycles. The van der Waals surface area contributed by atoms with Crippen molar-refractivity contribution in [2.75, 3.05) is 26.3 Å². The van der Waals surface area contributed by atoms with Crippen LogP contribution in [0, 0.1) is 11.3 Å². The normalized spacial score (nSPS) is 13.8. The number of hydrogen-bond donors (Lipinski definition) is 1.